The zero-order valence-electron chi connectivity index (χ0n) is 15.1. The molecule has 0 radical (unpaired) electrons. The van der Waals surface area contributed by atoms with Gasteiger partial charge in [-0.15, -0.1) is 0 Å². The minimum Gasteiger partial charge on any atom is -0.382 e. The standard InChI is InChI=1S/C18H30N6O/c1-11(13-8-5-9-13)22-17-14(15(19)23-18(24-17)16(20)25)21-10-12-6-3-2-4-7-12/h11-13,21H,2-10H2,1H3,(H2,20,25)(H3,19,22,23,24)/t11-/m1/s1. The van der Waals surface area contributed by atoms with Crippen LogP contribution in [-0.2, 0) is 0 Å². The molecule has 1 aromatic heterocycles. The minimum absolute atomic E-state index is 0.0379. The molecule has 3 rings (SSSR count). The van der Waals surface area contributed by atoms with E-state index in [-0.39, 0.29) is 17.7 Å². The molecule has 25 heavy (non-hydrogen) atoms. The molecular formula is C18H30N6O. The first-order valence-electron chi connectivity index (χ1n) is 9.52. The van der Waals surface area contributed by atoms with E-state index in [2.05, 4.69) is 27.5 Å². The Kier molecular flexibility index (Phi) is 5.60. The van der Waals surface area contributed by atoms with Crippen molar-refractivity contribution in [2.45, 2.75) is 64.3 Å². The van der Waals surface area contributed by atoms with Gasteiger partial charge in [0.1, 0.15) is 5.69 Å². The third-order valence-electron chi connectivity index (χ3n) is 5.67. The Morgan fingerprint density at radius 3 is 2.48 bits per heavy atom. The van der Waals surface area contributed by atoms with Crippen LogP contribution in [0.4, 0.5) is 17.3 Å². The molecule has 0 unspecified atom stereocenters. The highest BCUT2D eigenvalue weighted by Gasteiger charge is 2.26. The molecular weight excluding hydrogens is 316 g/mol. The van der Waals surface area contributed by atoms with Crippen LogP contribution in [0.15, 0.2) is 0 Å². The van der Waals surface area contributed by atoms with Gasteiger partial charge >= 0.3 is 0 Å². The molecule has 1 amide bonds. The van der Waals surface area contributed by atoms with Gasteiger partial charge in [0.25, 0.3) is 5.91 Å². The summed E-state index contributed by atoms with van der Waals surface area (Å²) in [5, 5.41) is 6.87. The fourth-order valence-electron chi connectivity index (χ4n) is 3.78. The van der Waals surface area contributed by atoms with Gasteiger partial charge in [-0.3, -0.25) is 4.79 Å². The SMILES string of the molecule is C[C@@H](Nc1nc(C(N)=O)nc(N)c1NCC1CCCCC1)C1CCC1. The summed E-state index contributed by atoms with van der Waals surface area (Å²) in [6.07, 6.45) is 10.1. The smallest absolute Gasteiger partial charge is 0.286 e. The Balaban J connectivity index is 1.76. The first kappa shape index (κ1) is 17.8. The van der Waals surface area contributed by atoms with Crippen LogP contribution in [0.3, 0.4) is 0 Å². The van der Waals surface area contributed by atoms with Crippen molar-refractivity contribution in [3.8, 4) is 0 Å². The third kappa shape index (κ3) is 4.32. The molecule has 0 aliphatic heterocycles. The van der Waals surface area contributed by atoms with Crippen molar-refractivity contribution in [2.75, 3.05) is 22.9 Å². The van der Waals surface area contributed by atoms with E-state index in [1.807, 2.05) is 0 Å². The maximum Gasteiger partial charge on any atom is 0.286 e. The number of hydrogen-bond acceptors (Lipinski definition) is 6. The highest BCUT2D eigenvalue weighted by Crippen LogP contribution is 2.34. The molecule has 6 N–H and O–H groups in total. The van der Waals surface area contributed by atoms with E-state index in [4.69, 9.17) is 11.5 Å². The molecule has 7 heteroatoms. The summed E-state index contributed by atoms with van der Waals surface area (Å²) in [7, 11) is 0. The van der Waals surface area contributed by atoms with Crippen molar-refractivity contribution in [3.63, 3.8) is 0 Å². The van der Waals surface area contributed by atoms with Crippen LogP contribution in [0.1, 0.15) is 68.9 Å². The van der Waals surface area contributed by atoms with E-state index >= 15 is 0 Å². The number of carbonyl (C=O) groups excluding carboxylic acids is 1. The molecule has 1 heterocycles. The second-order valence-electron chi connectivity index (χ2n) is 7.53. The molecule has 0 aromatic carbocycles. The minimum atomic E-state index is -0.662. The lowest BCUT2D eigenvalue weighted by atomic mass is 9.80. The predicted molar refractivity (Wildman–Crippen MR) is 100 cm³/mol. The van der Waals surface area contributed by atoms with E-state index in [1.165, 1.54) is 51.4 Å². The molecule has 2 saturated carbocycles. The molecule has 0 bridgehead atoms. The van der Waals surface area contributed by atoms with Crippen LogP contribution in [0.2, 0.25) is 0 Å². The van der Waals surface area contributed by atoms with Crippen molar-refractivity contribution in [1.29, 1.82) is 0 Å². The molecule has 2 aliphatic carbocycles. The van der Waals surface area contributed by atoms with E-state index in [1.54, 1.807) is 0 Å². The summed E-state index contributed by atoms with van der Waals surface area (Å²) >= 11 is 0. The summed E-state index contributed by atoms with van der Waals surface area (Å²) in [6.45, 7) is 3.01. The average molecular weight is 346 g/mol. The summed E-state index contributed by atoms with van der Waals surface area (Å²) in [4.78, 5) is 19.9. The third-order valence-corrected chi connectivity index (χ3v) is 5.67. The van der Waals surface area contributed by atoms with Gasteiger partial charge in [0, 0.05) is 12.6 Å². The summed E-state index contributed by atoms with van der Waals surface area (Å²) in [5.41, 5.74) is 12.2. The number of carbonyl (C=O) groups is 1. The maximum absolute atomic E-state index is 11.5. The van der Waals surface area contributed by atoms with Gasteiger partial charge < -0.3 is 22.1 Å². The number of anilines is 3. The lowest BCUT2D eigenvalue weighted by molar-refractivity contribution is 0.0990. The number of rotatable bonds is 7. The predicted octanol–water partition coefficient (Wildman–Crippen LogP) is 2.75. The van der Waals surface area contributed by atoms with E-state index in [0.29, 0.717) is 23.3 Å². The molecule has 2 aliphatic rings. The second-order valence-corrected chi connectivity index (χ2v) is 7.53. The number of amides is 1. The maximum atomic E-state index is 11.5. The first-order valence-corrected chi connectivity index (χ1v) is 9.52. The molecule has 138 valence electrons. The van der Waals surface area contributed by atoms with Gasteiger partial charge in [-0.1, -0.05) is 25.7 Å². The average Bonchev–Trinajstić information content (AvgIpc) is 2.53. The summed E-state index contributed by atoms with van der Waals surface area (Å²) in [5.74, 6) is 1.47. The fourth-order valence-corrected chi connectivity index (χ4v) is 3.78. The quantitative estimate of drug-likeness (QED) is 0.603. The van der Waals surface area contributed by atoms with E-state index in [0.717, 1.165) is 6.54 Å². The van der Waals surface area contributed by atoms with Gasteiger partial charge in [-0.25, -0.2) is 9.97 Å². The number of nitrogens with two attached hydrogens (primary N) is 2. The monoisotopic (exact) mass is 346 g/mol. The Morgan fingerprint density at radius 1 is 1.16 bits per heavy atom. The summed E-state index contributed by atoms with van der Waals surface area (Å²) < 4.78 is 0. The van der Waals surface area contributed by atoms with Crippen molar-refractivity contribution >= 4 is 23.2 Å². The fraction of sp³-hybridized carbons (Fsp3) is 0.722. The molecule has 0 saturated heterocycles. The normalized spacial score (nSPS) is 19.9. The number of primary amides is 1. The Morgan fingerprint density at radius 2 is 1.88 bits per heavy atom. The van der Waals surface area contributed by atoms with Crippen molar-refractivity contribution in [3.05, 3.63) is 5.82 Å². The van der Waals surface area contributed by atoms with Gasteiger partial charge in [-0.2, -0.15) is 0 Å². The second kappa shape index (κ2) is 7.89. The number of nitrogens with zero attached hydrogens (tertiary/aromatic N) is 2. The van der Waals surface area contributed by atoms with Gasteiger partial charge in [0.15, 0.2) is 11.6 Å². The largest absolute Gasteiger partial charge is 0.382 e. The Bertz CT molecular complexity index is 610. The number of hydrogen-bond donors (Lipinski definition) is 4. The Hall–Kier alpha value is -2.05. The van der Waals surface area contributed by atoms with Crippen LogP contribution in [-0.4, -0.2) is 28.5 Å². The zero-order chi connectivity index (χ0) is 17.8. The van der Waals surface area contributed by atoms with Gasteiger partial charge in [0.05, 0.1) is 0 Å². The molecule has 1 atom stereocenters. The first-order chi connectivity index (χ1) is 12.0. The molecule has 0 spiro atoms. The van der Waals surface area contributed by atoms with Crippen LogP contribution >= 0.6 is 0 Å². The number of aromatic nitrogens is 2. The topological polar surface area (TPSA) is 119 Å². The van der Waals surface area contributed by atoms with Gasteiger partial charge in [-0.05, 0) is 44.4 Å². The van der Waals surface area contributed by atoms with Crippen LogP contribution in [0, 0.1) is 11.8 Å². The summed E-state index contributed by atoms with van der Waals surface area (Å²) in [6, 6.07) is 0.277. The highest BCUT2D eigenvalue weighted by atomic mass is 16.1. The van der Waals surface area contributed by atoms with Crippen molar-refractivity contribution in [2.24, 2.45) is 17.6 Å². The van der Waals surface area contributed by atoms with Crippen molar-refractivity contribution < 1.29 is 4.79 Å². The zero-order valence-corrected chi connectivity index (χ0v) is 15.1. The molecule has 1 aromatic rings. The van der Waals surface area contributed by atoms with E-state index in [9.17, 15) is 4.79 Å². The number of nitrogen functional groups attached to an aromatic ring is 1. The van der Waals surface area contributed by atoms with Crippen LogP contribution in [0.25, 0.3) is 0 Å². The lowest BCUT2D eigenvalue weighted by Gasteiger charge is -2.33. The molecule has 7 nitrogen and oxygen atoms in total. The van der Waals surface area contributed by atoms with Crippen LogP contribution in [0.5, 0.6) is 0 Å². The molecule has 2 fully saturated rings. The highest BCUT2D eigenvalue weighted by molar-refractivity contribution is 5.91. The lowest BCUT2D eigenvalue weighted by Crippen LogP contribution is -2.32. The van der Waals surface area contributed by atoms with Crippen LogP contribution < -0.4 is 22.1 Å². The Labute approximate surface area is 149 Å². The van der Waals surface area contributed by atoms with Gasteiger partial charge in [0.2, 0.25) is 5.82 Å². The van der Waals surface area contributed by atoms with Crippen molar-refractivity contribution in [1.82, 2.24) is 9.97 Å². The van der Waals surface area contributed by atoms with E-state index < -0.39 is 5.91 Å². The number of nitrogens with one attached hydrogen (secondary N) is 2.